The minimum Gasteiger partial charge on any atom is -0.368 e. The topological polar surface area (TPSA) is 82.7 Å². The number of nitrogens with zero attached hydrogens (tertiary/aromatic N) is 1. The molecule has 0 atom stereocenters. The average molecular weight is 435 g/mol. The van der Waals surface area contributed by atoms with Crippen molar-refractivity contribution in [1.29, 1.82) is 0 Å². The van der Waals surface area contributed by atoms with Crippen molar-refractivity contribution in [1.82, 2.24) is 20.9 Å². The maximum Gasteiger partial charge on any atom is 0.252 e. The van der Waals surface area contributed by atoms with Gasteiger partial charge in [-0.3, -0.25) is 9.59 Å². The molecule has 2 amide bonds. The van der Waals surface area contributed by atoms with Gasteiger partial charge in [0.15, 0.2) is 0 Å². The Morgan fingerprint density at radius 2 is 1.86 bits per heavy atom. The molecule has 0 bridgehead atoms. The van der Waals surface area contributed by atoms with Crippen LogP contribution in [0.5, 0.6) is 0 Å². The highest BCUT2D eigenvalue weighted by atomic mass is 35.5. The first-order chi connectivity index (χ1) is 12.5. The molecule has 0 aromatic heterocycles. The second-order valence-corrected chi connectivity index (χ2v) is 6.89. The molecule has 28 heavy (non-hydrogen) atoms. The van der Waals surface area contributed by atoms with Crippen LogP contribution in [0, 0.1) is 0 Å². The van der Waals surface area contributed by atoms with E-state index >= 15 is 0 Å². The molecule has 1 aliphatic rings. The maximum absolute atomic E-state index is 12.6. The quantitative estimate of drug-likeness (QED) is 0.572. The lowest BCUT2D eigenvalue weighted by molar-refractivity contribution is -0.146. The monoisotopic (exact) mass is 434 g/mol. The van der Waals surface area contributed by atoms with Crippen LogP contribution >= 0.6 is 24.8 Å². The summed E-state index contributed by atoms with van der Waals surface area (Å²) >= 11 is 0. The van der Waals surface area contributed by atoms with E-state index < -0.39 is 5.60 Å². The molecule has 0 unspecified atom stereocenters. The van der Waals surface area contributed by atoms with Crippen molar-refractivity contribution in [3.8, 4) is 0 Å². The highest BCUT2D eigenvalue weighted by Gasteiger charge is 2.39. The van der Waals surface area contributed by atoms with Gasteiger partial charge < -0.3 is 25.6 Å². The van der Waals surface area contributed by atoms with Crippen molar-refractivity contribution < 1.29 is 14.3 Å². The Morgan fingerprint density at radius 3 is 2.46 bits per heavy atom. The zero-order chi connectivity index (χ0) is 19.0. The number of nitrogens with one attached hydrogen (secondary N) is 3. The van der Waals surface area contributed by atoms with E-state index in [9.17, 15) is 9.59 Å². The van der Waals surface area contributed by atoms with Gasteiger partial charge >= 0.3 is 0 Å². The smallest absolute Gasteiger partial charge is 0.252 e. The highest BCUT2D eigenvalue weighted by Crippen LogP contribution is 2.22. The summed E-state index contributed by atoms with van der Waals surface area (Å²) in [6.07, 6.45) is 1.31. The van der Waals surface area contributed by atoms with Gasteiger partial charge in [-0.05, 0) is 57.7 Å². The lowest BCUT2D eigenvalue weighted by atomic mass is 9.91. The van der Waals surface area contributed by atoms with Crippen LogP contribution in [-0.4, -0.2) is 69.7 Å². The van der Waals surface area contributed by atoms with Gasteiger partial charge in [0.25, 0.3) is 11.8 Å². The van der Waals surface area contributed by atoms with Crippen molar-refractivity contribution in [3.63, 3.8) is 0 Å². The summed E-state index contributed by atoms with van der Waals surface area (Å²) in [7, 11) is 5.51. The normalized spacial score (nSPS) is 15.1. The number of piperidine rings is 1. The Hall–Kier alpha value is -1.38. The van der Waals surface area contributed by atoms with Crippen molar-refractivity contribution >= 4 is 36.6 Å². The second kappa shape index (κ2) is 13.0. The predicted octanol–water partition coefficient (Wildman–Crippen LogP) is 1.21. The van der Waals surface area contributed by atoms with Gasteiger partial charge in [0.1, 0.15) is 5.60 Å². The largest absolute Gasteiger partial charge is 0.368 e. The average Bonchev–Trinajstić information content (AvgIpc) is 2.66. The number of ether oxygens (including phenoxy) is 1. The minimum atomic E-state index is -0.758. The standard InChI is InChI=1S/C19H30N4O3.2ClH/c1-23(2)12-11-21-17(24)16-6-4-5-15(13-16)14-22-18(25)19(26-3)7-9-20-10-8-19;;/h4-6,13,20H,7-12,14H2,1-3H3,(H,21,24)(H,22,25);2*1H. The fourth-order valence-electron chi connectivity index (χ4n) is 3.02. The molecule has 0 saturated carbocycles. The predicted molar refractivity (Wildman–Crippen MR) is 116 cm³/mol. The number of amides is 2. The van der Waals surface area contributed by atoms with Crippen LogP contribution in [0.2, 0.25) is 0 Å². The van der Waals surface area contributed by atoms with Crippen molar-refractivity contribution in [2.75, 3.05) is 47.4 Å². The second-order valence-electron chi connectivity index (χ2n) is 6.89. The van der Waals surface area contributed by atoms with E-state index in [1.165, 1.54) is 0 Å². The summed E-state index contributed by atoms with van der Waals surface area (Å²) in [5.41, 5.74) is 0.726. The van der Waals surface area contributed by atoms with E-state index in [1.54, 1.807) is 13.2 Å². The summed E-state index contributed by atoms with van der Waals surface area (Å²) in [6, 6.07) is 7.32. The number of carbonyl (C=O) groups is 2. The first kappa shape index (κ1) is 26.6. The van der Waals surface area contributed by atoms with E-state index in [4.69, 9.17) is 4.74 Å². The van der Waals surface area contributed by atoms with Gasteiger partial charge in [-0.2, -0.15) is 0 Å². The van der Waals surface area contributed by atoms with E-state index in [-0.39, 0.29) is 36.6 Å². The third-order valence-electron chi connectivity index (χ3n) is 4.70. The number of methoxy groups -OCH3 is 1. The van der Waals surface area contributed by atoms with Gasteiger partial charge in [0.05, 0.1) is 0 Å². The van der Waals surface area contributed by atoms with Gasteiger partial charge in [0.2, 0.25) is 0 Å². The number of hydrogen-bond acceptors (Lipinski definition) is 5. The Balaban J connectivity index is 0.00000364. The van der Waals surface area contributed by atoms with Gasteiger partial charge in [-0.15, -0.1) is 24.8 Å². The summed E-state index contributed by atoms with van der Waals surface area (Å²) in [4.78, 5) is 26.8. The molecule has 1 aliphatic heterocycles. The fourth-order valence-corrected chi connectivity index (χ4v) is 3.02. The number of halogens is 2. The molecule has 7 nitrogen and oxygen atoms in total. The number of benzene rings is 1. The minimum absolute atomic E-state index is 0. The van der Waals surface area contributed by atoms with Crippen LogP contribution in [0.15, 0.2) is 24.3 Å². The van der Waals surface area contributed by atoms with E-state index in [0.29, 0.717) is 31.5 Å². The number of hydrogen-bond donors (Lipinski definition) is 3. The molecule has 1 saturated heterocycles. The van der Waals surface area contributed by atoms with Crippen molar-refractivity contribution in [2.24, 2.45) is 0 Å². The summed E-state index contributed by atoms with van der Waals surface area (Å²) in [5, 5.41) is 9.09. The van der Waals surface area contributed by atoms with E-state index in [0.717, 1.165) is 25.2 Å². The third kappa shape index (κ3) is 7.56. The van der Waals surface area contributed by atoms with E-state index in [2.05, 4.69) is 16.0 Å². The summed E-state index contributed by atoms with van der Waals surface area (Å²) < 4.78 is 5.53. The molecule has 1 fully saturated rings. The lowest BCUT2D eigenvalue weighted by Gasteiger charge is -2.34. The highest BCUT2D eigenvalue weighted by molar-refractivity contribution is 5.94. The van der Waals surface area contributed by atoms with Gasteiger partial charge in [-0.25, -0.2) is 0 Å². The van der Waals surface area contributed by atoms with Crippen LogP contribution < -0.4 is 16.0 Å². The molecule has 1 heterocycles. The van der Waals surface area contributed by atoms with Crippen LogP contribution in [0.3, 0.4) is 0 Å². The Bertz CT molecular complexity index is 623. The van der Waals surface area contributed by atoms with Crippen molar-refractivity contribution in [3.05, 3.63) is 35.4 Å². The first-order valence-electron chi connectivity index (χ1n) is 9.03. The van der Waals surface area contributed by atoms with E-state index in [1.807, 2.05) is 37.2 Å². The SMILES string of the molecule is COC1(C(=O)NCc2cccc(C(=O)NCCN(C)C)c2)CCNCC1.Cl.Cl. The molecule has 2 rings (SSSR count). The molecule has 0 aliphatic carbocycles. The molecular formula is C19H32Cl2N4O3. The molecule has 0 spiro atoms. The zero-order valence-corrected chi connectivity index (χ0v) is 18.4. The lowest BCUT2D eigenvalue weighted by Crippen LogP contribution is -2.53. The Morgan fingerprint density at radius 1 is 1.18 bits per heavy atom. The zero-order valence-electron chi connectivity index (χ0n) is 16.7. The fraction of sp³-hybridized carbons (Fsp3) is 0.579. The van der Waals surface area contributed by atoms with Gasteiger partial charge in [0, 0.05) is 32.3 Å². The molecule has 0 radical (unpaired) electrons. The third-order valence-corrected chi connectivity index (χ3v) is 4.70. The summed E-state index contributed by atoms with van der Waals surface area (Å²) in [6.45, 7) is 3.29. The van der Waals surface area contributed by atoms with Crippen LogP contribution in [0.1, 0.15) is 28.8 Å². The van der Waals surface area contributed by atoms with Crippen molar-refractivity contribution in [2.45, 2.75) is 25.0 Å². The Labute approximate surface area is 179 Å². The van der Waals surface area contributed by atoms with Gasteiger partial charge in [-0.1, -0.05) is 12.1 Å². The molecule has 160 valence electrons. The van der Waals surface area contributed by atoms with Crippen LogP contribution in [0.25, 0.3) is 0 Å². The molecule has 3 N–H and O–H groups in total. The molecule has 1 aromatic carbocycles. The maximum atomic E-state index is 12.6. The number of carbonyl (C=O) groups excluding carboxylic acids is 2. The first-order valence-corrected chi connectivity index (χ1v) is 9.03. The number of rotatable bonds is 8. The molecule has 9 heteroatoms. The summed E-state index contributed by atoms with van der Waals surface area (Å²) in [5.74, 6) is -0.200. The Kier molecular flexibility index (Phi) is 12.3. The van der Waals surface area contributed by atoms with Crippen LogP contribution in [0.4, 0.5) is 0 Å². The van der Waals surface area contributed by atoms with Crippen LogP contribution in [-0.2, 0) is 16.1 Å². The molecular weight excluding hydrogens is 403 g/mol. The number of likely N-dealkylation sites (N-methyl/N-ethyl adjacent to an activating group) is 1. The molecule has 1 aromatic rings.